The second kappa shape index (κ2) is 15.8. The first-order valence-corrected chi connectivity index (χ1v) is 12.4. The van der Waals surface area contributed by atoms with Crippen LogP contribution in [0.3, 0.4) is 0 Å². The summed E-state index contributed by atoms with van der Waals surface area (Å²) in [6, 6.07) is 8.21. The first kappa shape index (κ1) is 25.8. The van der Waals surface area contributed by atoms with Crippen LogP contribution in [0.5, 0.6) is 0 Å². The number of rotatable bonds is 12. The minimum absolute atomic E-state index is 0.224. The molecule has 0 bridgehead atoms. The van der Waals surface area contributed by atoms with E-state index >= 15 is 0 Å². The monoisotopic (exact) mass is 392 g/mol. The van der Waals surface area contributed by atoms with Crippen LogP contribution in [-0.2, 0) is 19.1 Å². The smallest absolute Gasteiger partial charge is 0.266 e. The van der Waals surface area contributed by atoms with Crippen molar-refractivity contribution < 1.29 is 17.4 Å². The minimum Gasteiger partial charge on any atom is -0.266 e. The van der Waals surface area contributed by atoms with Gasteiger partial charge in [0.15, 0.2) is 0 Å². The molecular weight excluding hydrogens is 359 g/mol. The molecule has 0 N–H and O–H groups in total. The molecule has 26 heavy (non-hydrogen) atoms. The molecule has 1 aromatic carbocycles. The number of Topliss-reactive ketones (excluding diaryl/α,β-unsaturated/α-hetero) is 1. The maximum absolute atomic E-state index is 11.6. The molecule has 1 atom stereocenters. The molecule has 4 nitrogen and oxygen atoms in total. The first-order chi connectivity index (χ1) is 12.4. The van der Waals surface area contributed by atoms with E-state index in [0.29, 0.717) is 8.95 Å². The van der Waals surface area contributed by atoms with E-state index in [1.807, 2.05) is 0 Å². The Kier molecular flexibility index (Phi) is 15.7. The summed E-state index contributed by atoms with van der Waals surface area (Å²) in [6.45, 7) is 6.61. The summed E-state index contributed by atoms with van der Waals surface area (Å²) < 4.78 is 28.5. The van der Waals surface area contributed by atoms with Gasteiger partial charge in [-0.05, 0) is 18.6 Å². The molecule has 0 saturated heterocycles. The van der Waals surface area contributed by atoms with Gasteiger partial charge in [-0.3, -0.25) is 4.18 Å². The zero-order valence-electron chi connectivity index (χ0n) is 16.9. The third-order valence-electron chi connectivity index (χ3n) is 4.21. The van der Waals surface area contributed by atoms with Crippen molar-refractivity contribution in [1.82, 2.24) is 0 Å². The first-order valence-electron chi connectivity index (χ1n) is 9.86. The van der Waals surface area contributed by atoms with Crippen molar-refractivity contribution in [3.63, 3.8) is 0 Å². The van der Waals surface area contributed by atoms with Gasteiger partial charge in [-0.2, -0.15) is 8.42 Å². The topological polar surface area (TPSA) is 60.4 Å². The van der Waals surface area contributed by atoms with E-state index in [9.17, 15) is 13.2 Å². The summed E-state index contributed by atoms with van der Waals surface area (Å²) in [5.41, 5.74) is 0. The van der Waals surface area contributed by atoms with Crippen LogP contribution >= 0.6 is 0 Å². The van der Waals surface area contributed by atoms with Gasteiger partial charge >= 0.3 is 87.6 Å². The Bertz CT molecular complexity index is 573. The number of unbranched alkanes of at least 4 members (excludes halogenated alkanes) is 4. The van der Waals surface area contributed by atoms with Gasteiger partial charge in [0.05, 0.1) is 11.5 Å². The number of carbonyl (C=O) groups is 1. The second-order valence-electron chi connectivity index (χ2n) is 6.53. The van der Waals surface area contributed by atoms with Crippen LogP contribution in [0.1, 0.15) is 72.1 Å². The molecular formula is C20H33NaO4S. The summed E-state index contributed by atoms with van der Waals surface area (Å²) in [4.78, 5) is 11.5. The molecule has 0 saturated carbocycles. The van der Waals surface area contributed by atoms with Gasteiger partial charge in [-0.25, -0.2) is 0 Å². The van der Waals surface area contributed by atoms with Gasteiger partial charge in [0, 0.05) is 0 Å². The molecule has 0 amide bonds. The van der Waals surface area contributed by atoms with Crippen LogP contribution in [0.2, 0.25) is 3.17 Å². The van der Waals surface area contributed by atoms with Crippen molar-refractivity contribution in [2.24, 2.45) is 0 Å². The van der Waals surface area contributed by atoms with Crippen LogP contribution in [0.4, 0.5) is 0 Å². The predicted octanol–water partition coefficient (Wildman–Crippen LogP) is 5.08. The van der Waals surface area contributed by atoms with Gasteiger partial charge in [0.2, 0.25) is 0 Å². The average Bonchev–Trinajstić information content (AvgIpc) is 2.66. The molecule has 0 aliphatic carbocycles. The number of carbonyl (C=O) groups excluding carboxylic acids is 1. The number of ketones is 1. The van der Waals surface area contributed by atoms with Crippen molar-refractivity contribution in [2.45, 2.75) is 80.2 Å². The standard InChI is InChI=1S/C11H16O3S.C9H17O.Na/c1-2-3-7-10-14-15(12,13)11-8-5-4-6-9-11;1-3-5-6-8-9(10)7-4-2;/h4-6,8-9H,2-3,7,10H2,1H3;7H,3-6,8H2,1-2H3;. The molecule has 6 heteroatoms. The quantitative estimate of drug-likeness (QED) is 0.283. The zero-order valence-corrected chi connectivity index (χ0v) is 19.7. The summed E-state index contributed by atoms with van der Waals surface area (Å²) >= 11 is 1.04. The maximum Gasteiger partial charge on any atom is 0.296 e. The molecule has 1 rings (SSSR count). The Hall–Kier alpha value is -0.200. The van der Waals surface area contributed by atoms with E-state index in [0.717, 1.165) is 66.5 Å². The van der Waals surface area contributed by atoms with Crippen molar-refractivity contribution in [3.8, 4) is 0 Å². The molecule has 1 aromatic rings. The van der Waals surface area contributed by atoms with E-state index in [-0.39, 0.29) is 11.5 Å². The molecule has 0 radical (unpaired) electrons. The number of benzene rings is 1. The minimum atomic E-state index is -3.54. The van der Waals surface area contributed by atoms with Gasteiger partial charge in [-0.1, -0.05) is 38.0 Å². The van der Waals surface area contributed by atoms with E-state index < -0.39 is 10.1 Å². The number of hydrogen-bond acceptors (Lipinski definition) is 4. The second-order valence-corrected chi connectivity index (χ2v) is 9.54. The number of hydrogen-bond donors (Lipinski definition) is 0. The van der Waals surface area contributed by atoms with Crippen molar-refractivity contribution in [2.75, 3.05) is 6.61 Å². The molecule has 0 aliphatic rings. The third kappa shape index (κ3) is 12.2. The zero-order chi connectivity index (χ0) is 19.8. The molecule has 0 aliphatic heterocycles. The Morgan fingerprint density at radius 1 is 1.00 bits per heavy atom. The largest absolute Gasteiger partial charge is 0.296 e. The van der Waals surface area contributed by atoms with Crippen LogP contribution in [0, 0.1) is 0 Å². The summed E-state index contributed by atoms with van der Waals surface area (Å²) in [5, 5.41) is 0. The third-order valence-corrected chi connectivity index (χ3v) is 6.99. The van der Waals surface area contributed by atoms with Crippen LogP contribution in [0.15, 0.2) is 35.2 Å². The van der Waals surface area contributed by atoms with E-state index in [1.54, 1.807) is 18.2 Å². The van der Waals surface area contributed by atoms with Crippen molar-refractivity contribution in [3.05, 3.63) is 30.3 Å². The molecule has 0 aromatic heterocycles. The Balaban J connectivity index is 0.000000508. The summed E-state index contributed by atoms with van der Waals surface area (Å²) in [7, 11) is -3.54. The van der Waals surface area contributed by atoms with E-state index in [2.05, 4.69) is 20.8 Å². The van der Waals surface area contributed by atoms with Gasteiger partial charge in [-0.15, -0.1) is 0 Å². The van der Waals surface area contributed by atoms with Gasteiger partial charge < -0.3 is 0 Å². The Labute approximate surface area is 177 Å². The average molecular weight is 393 g/mol. The SMILES string of the molecule is CCCCCC(=O)[CH]([Na])CC.CCCCCOS(=O)(=O)c1ccccc1. The van der Waals surface area contributed by atoms with Crippen LogP contribution < -0.4 is 0 Å². The van der Waals surface area contributed by atoms with Crippen LogP contribution in [-0.4, -0.2) is 48.7 Å². The molecule has 0 spiro atoms. The fourth-order valence-electron chi connectivity index (χ4n) is 2.20. The van der Waals surface area contributed by atoms with E-state index in [1.165, 1.54) is 25.0 Å². The van der Waals surface area contributed by atoms with Crippen molar-refractivity contribution >= 4 is 43.8 Å². The summed E-state index contributed by atoms with van der Waals surface area (Å²) in [5.74, 6) is 0.507. The molecule has 144 valence electrons. The molecule has 0 heterocycles. The Morgan fingerprint density at radius 3 is 2.12 bits per heavy atom. The molecule has 0 fully saturated rings. The fourth-order valence-corrected chi connectivity index (χ4v) is 3.45. The van der Waals surface area contributed by atoms with Gasteiger partial charge in [0.1, 0.15) is 0 Å². The van der Waals surface area contributed by atoms with E-state index in [4.69, 9.17) is 4.18 Å². The normalized spacial score (nSPS) is 12.2. The predicted molar refractivity (Wildman–Crippen MR) is 108 cm³/mol. The summed E-state index contributed by atoms with van der Waals surface area (Å²) in [6.07, 6.45) is 8.23. The maximum atomic E-state index is 11.6. The van der Waals surface area contributed by atoms with Crippen molar-refractivity contribution in [1.29, 1.82) is 0 Å². The fraction of sp³-hybridized carbons (Fsp3) is 0.650. The van der Waals surface area contributed by atoms with Crippen LogP contribution in [0.25, 0.3) is 0 Å². The van der Waals surface area contributed by atoms with Gasteiger partial charge in [0.25, 0.3) is 10.1 Å². The molecule has 1 unspecified atom stereocenters. The Morgan fingerprint density at radius 2 is 1.58 bits per heavy atom.